The topological polar surface area (TPSA) is 59.6 Å². The van der Waals surface area contributed by atoms with E-state index < -0.39 is 6.61 Å². The van der Waals surface area contributed by atoms with E-state index in [1.807, 2.05) is 31.2 Å². The minimum atomic E-state index is -2.96. The fraction of sp³-hybridized carbons (Fsp3) is 0.278. The van der Waals surface area contributed by atoms with E-state index in [9.17, 15) is 13.6 Å². The summed E-state index contributed by atoms with van der Waals surface area (Å²) in [7, 11) is 1.36. The maximum Gasteiger partial charge on any atom is 0.387 e. The van der Waals surface area contributed by atoms with Gasteiger partial charge in [-0.25, -0.2) is 0 Å². The van der Waals surface area contributed by atoms with Crippen molar-refractivity contribution in [2.24, 2.45) is 0 Å². The standard InChI is InChI=1S/C18H19BrF2N2O3/c1-11(12-3-5-13(19)6-4-12)23-17(24)10-22-14-7-8-15(25-2)16(9-14)26-18(20)21/h3-9,11,18,22H,10H2,1-2H3,(H,23,24). The monoisotopic (exact) mass is 428 g/mol. The van der Waals surface area contributed by atoms with Crippen LogP contribution in [0, 0.1) is 0 Å². The second-order valence-corrected chi connectivity index (χ2v) is 6.35. The molecule has 2 aromatic rings. The molecule has 1 unspecified atom stereocenters. The Hall–Kier alpha value is -2.35. The molecule has 2 rings (SSSR count). The summed E-state index contributed by atoms with van der Waals surface area (Å²) in [5.74, 6) is -0.145. The highest BCUT2D eigenvalue weighted by molar-refractivity contribution is 9.10. The van der Waals surface area contributed by atoms with Crippen LogP contribution in [-0.4, -0.2) is 26.2 Å². The molecule has 5 nitrogen and oxygen atoms in total. The Bertz CT molecular complexity index is 742. The van der Waals surface area contributed by atoms with Crippen LogP contribution in [0.25, 0.3) is 0 Å². The Morgan fingerprint density at radius 2 is 1.85 bits per heavy atom. The zero-order chi connectivity index (χ0) is 19.1. The molecule has 0 aliphatic heterocycles. The predicted molar refractivity (Wildman–Crippen MR) is 98.8 cm³/mol. The van der Waals surface area contributed by atoms with E-state index in [1.165, 1.54) is 19.2 Å². The number of carbonyl (C=O) groups excluding carboxylic acids is 1. The number of ether oxygens (including phenoxy) is 2. The summed E-state index contributed by atoms with van der Waals surface area (Å²) in [6.45, 7) is -1.10. The van der Waals surface area contributed by atoms with Gasteiger partial charge in [0.25, 0.3) is 0 Å². The molecule has 0 saturated carbocycles. The third kappa shape index (κ3) is 5.87. The molecular formula is C18H19BrF2N2O3. The van der Waals surface area contributed by atoms with E-state index in [-0.39, 0.29) is 30.0 Å². The number of carbonyl (C=O) groups is 1. The Kier molecular flexibility index (Phi) is 7.20. The molecule has 140 valence electrons. The third-order valence-corrected chi connectivity index (χ3v) is 4.11. The maximum absolute atomic E-state index is 12.4. The number of hydrogen-bond donors (Lipinski definition) is 2. The number of methoxy groups -OCH3 is 1. The van der Waals surface area contributed by atoms with Gasteiger partial charge >= 0.3 is 6.61 Å². The number of alkyl halides is 2. The Morgan fingerprint density at radius 3 is 2.46 bits per heavy atom. The van der Waals surface area contributed by atoms with Crippen molar-refractivity contribution in [3.05, 3.63) is 52.5 Å². The van der Waals surface area contributed by atoms with E-state index >= 15 is 0 Å². The molecule has 0 spiro atoms. The first-order valence-corrected chi connectivity index (χ1v) is 8.60. The zero-order valence-electron chi connectivity index (χ0n) is 14.3. The highest BCUT2D eigenvalue weighted by atomic mass is 79.9. The first-order valence-electron chi connectivity index (χ1n) is 7.80. The van der Waals surface area contributed by atoms with E-state index in [1.54, 1.807) is 6.07 Å². The summed E-state index contributed by atoms with van der Waals surface area (Å²) in [4.78, 5) is 12.1. The molecule has 0 aromatic heterocycles. The van der Waals surface area contributed by atoms with E-state index in [0.717, 1.165) is 10.0 Å². The molecule has 1 amide bonds. The lowest BCUT2D eigenvalue weighted by atomic mass is 10.1. The highest BCUT2D eigenvalue weighted by Gasteiger charge is 2.13. The van der Waals surface area contributed by atoms with Gasteiger partial charge in [-0.15, -0.1) is 0 Å². The number of rotatable bonds is 8. The lowest BCUT2D eigenvalue weighted by Crippen LogP contribution is -2.32. The van der Waals surface area contributed by atoms with Gasteiger partial charge in [0, 0.05) is 16.2 Å². The first kappa shape index (κ1) is 20.0. The number of amides is 1. The minimum absolute atomic E-state index is 0.0126. The average molecular weight is 429 g/mol. The number of anilines is 1. The molecule has 2 N–H and O–H groups in total. The van der Waals surface area contributed by atoms with Crippen molar-refractivity contribution in [2.45, 2.75) is 19.6 Å². The Labute approximate surface area is 158 Å². The number of halogens is 3. The van der Waals surface area contributed by atoms with Gasteiger partial charge in [0.1, 0.15) is 0 Å². The Morgan fingerprint density at radius 1 is 1.15 bits per heavy atom. The van der Waals surface area contributed by atoms with Crippen molar-refractivity contribution >= 4 is 27.5 Å². The molecule has 0 bridgehead atoms. The number of benzene rings is 2. The van der Waals surface area contributed by atoms with Crippen molar-refractivity contribution in [2.75, 3.05) is 19.0 Å². The normalized spacial score (nSPS) is 11.8. The molecule has 0 heterocycles. The van der Waals surface area contributed by atoms with Crippen LogP contribution < -0.4 is 20.1 Å². The van der Waals surface area contributed by atoms with Crippen molar-refractivity contribution in [3.8, 4) is 11.5 Å². The van der Waals surface area contributed by atoms with Crippen LogP contribution in [0.2, 0.25) is 0 Å². The van der Waals surface area contributed by atoms with Crippen molar-refractivity contribution in [1.82, 2.24) is 5.32 Å². The van der Waals surface area contributed by atoms with Gasteiger partial charge in [-0.05, 0) is 36.8 Å². The van der Waals surface area contributed by atoms with Crippen LogP contribution in [0.1, 0.15) is 18.5 Å². The zero-order valence-corrected chi connectivity index (χ0v) is 15.8. The van der Waals surface area contributed by atoms with Crippen molar-refractivity contribution in [3.63, 3.8) is 0 Å². The second kappa shape index (κ2) is 9.38. The van der Waals surface area contributed by atoms with E-state index in [0.29, 0.717) is 5.69 Å². The molecule has 8 heteroatoms. The van der Waals surface area contributed by atoms with Crippen LogP contribution in [-0.2, 0) is 4.79 Å². The molecule has 0 aliphatic rings. The third-order valence-electron chi connectivity index (χ3n) is 3.58. The summed E-state index contributed by atoms with van der Waals surface area (Å²) in [5, 5.41) is 5.74. The fourth-order valence-corrected chi connectivity index (χ4v) is 2.55. The van der Waals surface area contributed by atoms with Gasteiger partial charge in [0.15, 0.2) is 11.5 Å². The number of hydrogen-bond acceptors (Lipinski definition) is 4. The average Bonchev–Trinajstić information content (AvgIpc) is 2.60. The minimum Gasteiger partial charge on any atom is -0.493 e. The first-order chi connectivity index (χ1) is 12.4. The molecule has 0 fully saturated rings. The van der Waals surface area contributed by atoms with Crippen molar-refractivity contribution in [1.29, 1.82) is 0 Å². The summed E-state index contributed by atoms with van der Waals surface area (Å²) in [6, 6.07) is 11.9. The second-order valence-electron chi connectivity index (χ2n) is 5.44. The van der Waals surface area contributed by atoms with Crippen LogP contribution in [0.5, 0.6) is 11.5 Å². The fourth-order valence-electron chi connectivity index (χ4n) is 2.28. The van der Waals surface area contributed by atoms with Gasteiger partial charge in [-0.2, -0.15) is 8.78 Å². The molecular weight excluding hydrogens is 410 g/mol. The molecule has 2 aromatic carbocycles. The van der Waals surface area contributed by atoms with E-state index in [2.05, 4.69) is 31.3 Å². The van der Waals surface area contributed by atoms with Gasteiger partial charge in [0.05, 0.1) is 19.7 Å². The maximum atomic E-state index is 12.4. The lowest BCUT2D eigenvalue weighted by Gasteiger charge is -2.16. The molecule has 0 saturated heterocycles. The van der Waals surface area contributed by atoms with Crippen LogP contribution in [0.15, 0.2) is 46.9 Å². The predicted octanol–water partition coefficient (Wildman–Crippen LogP) is 4.35. The number of nitrogens with one attached hydrogen (secondary N) is 2. The summed E-state index contributed by atoms with van der Waals surface area (Å²) in [6.07, 6.45) is 0. The van der Waals surface area contributed by atoms with Gasteiger partial charge in [-0.3, -0.25) is 4.79 Å². The van der Waals surface area contributed by atoms with Gasteiger partial charge in [0.2, 0.25) is 5.91 Å². The highest BCUT2D eigenvalue weighted by Crippen LogP contribution is 2.31. The molecule has 0 radical (unpaired) electrons. The SMILES string of the molecule is COc1ccc(NCC(=O)NC(C)c2ccc(Br)cc2)cc1OC(F)F. The Balaban J connectivity index is 1.93. The summed E-state index contributed by atoms with van der Waals surface area (Å²) >= 11 is 3.36. The molecule has 0 aliphatic carbocycles. The van der Waals surface area contributed by atoms with Crippen LogP contribution in [0.4, 0.5) is 14.5 Å². The molecule has 1 atom stereocenters. The lowest BCUT2D eigenvalue weighted by molar-refractivity contribution is -0.120. The van der Waals surface area contributed by atoms with Gasteiger partial charge < -0.3 is 20.1 Å². The largest absolute Gasteiger partial charge is 0.493 e. The molecule has 26 heavy (non-hydrogen) atoms. The summed E-state index contributed by atoms with van der Waals surface area (Å²) < 4.78 is 35.2. The van der Waals surface area contributed by atoms with Crippen LogP contribution >= 0.6 is 15.9 Å². The smallest absolute Gasteiger partial charge is 0.387 e. The summed E-state index contributed by atoms with van der Waals surface area (Å²) in [5.41, 5.74) is 1.44. The van der Waals surface area contributed by atoms with Crippen LogP contribution in [0.3, 0.4) is 0 Å². The van der Waals surface area contributed by atoms with E-state index in [4.69, 9.17) is 4.74 Å². The van der Waals surface area contributed by atoms with Gasteiger partial charge in [-0.1, -0.05) is 28.1 Å². The quantitative estimate of drug-likeness (QED) is 0.655. The van der Waals surface area contributed by atoms with Crippen molar-refractivity contribution < 1.29 is 23.0 Å².